The van der Waals surface area contributed by atoms with Crippen molar-refractivity contribution in [2.45, 2.75) is 25.2 Å². The number of hydrogen-bond donors (Lipinski definition) is 2. The molecule has 0 aromatic heterocycles. The first kappa shape index (κ1) is 31.8. The summed E-state index contributed by atoms with van der Waals surface area (Å²) in [6.07, 6.45) is 0.494. The van der Waals surface area contributed by atoms with Crippen molar-refractivity contribution in [2.24, 2.45) is 10.2 Å². The Morgan fingerprint density at radius 1 is 1.05 bits per heavy atom. The van der Waals surface area contributed by atoms with Crippen LogP contribution < -0.4 is 44.7 Å². The molecular weight excluding hydrogens is 588 g/mol. The molecule has 9 nitrogen and oxygen atoms in total. The molecule has 0 saturated heterocycles. The Hall–Kier alpha value is -2.70. The van der Waals surface area contributed by atoms with Crippen LogP contribution in [0, 0.1) is 0 Å². The van der Waals surface area contributed by atoms with E-state index in [9.17, 15) is 22.9 Å². The van der Waals surface area contributed by atoms with Crippen LogP contribution in [-0.2, 0) is 16.5 Å². The van der Waals surface area contributed by atoms with Gasteiger partial charge in [-0.1, -0.05) is 60.1 Å². The van der Waals surface area contributed by atoms with E-state index in [2.05, 4.69) is 15.5 Å². The summed E-state index contributed by atoms with van der Waals surface area (Å²) in [4.78, 5) is 12.6. The molecule has 13 heteroatoms. The van der Waals surface area contributed by atoms with Gasteiger partial charge in [0.25, 0.3) is 16.0 Å². The van der Waals surface area contributed by atoms with Crippen molar-refractivity contribution < 1.29 is 57.2 Å². The molecule has 2 N–H and O–H groups in total. The van der Waals surface area contributed by atoms with Gasteiger partial charge in [0.2, 0.25) is 0 Å². The van der Waals surface area contributed by atoms with Crippen molar-refractivity contribution in [2.75, 3.05) is 11.9 Å². The van der Waals surface area contributed by atoms with Gasteiger partial charge in [-0.05, 0) is 54.6 Å². The molecule has 40 heavy (non-hydrogen) atoms. The van der Waals surface area contributed by atoms with Crippen molar-refractivity contribution in [3.05, 3.63) is 81.8 Å². The van der Waals surface area contributed by atoms with Gasteiger partial charge >= 0.3 is 29.6 Å². The normalized spacial score (nSPS) is 11.4. The quantitative estimate of drug-likeness (QED) is 0.175. The maximum absolute atomic E-state index is 13.5. The third-order valence-electron chi connectivity index (χ3n) is 5.67. The minimum Gasteiger partial charge on any atom is -0.870 e. The van der Waals surface area contributed by atoms with Crippen LogP contribution in [0.2, 0.25) is 10.0 Å². The molecule has 0 aliphatic heterocycles. The zero-order valence-corrected chi connectivity index (χ0v) is 26.1. The van der Waals surface area contributed by atoms with Gasteiger partial charge in [0.05, 0.1) is 17.3 Å². The standard InChI is InChI=1S/C27H23Cl2N3O6S.Na/c1-3-15-9-22(29)26(39(35,36)37)23(10-15)31-32-24-20-8-6-5-7-16(20)11-21(25(24)33)27(34)30-18-12-17(28)13-19(14-18)38-4-2;/h5-14,33H,3-4H2,1-2H3,(H,30,34)(H,35,36,37);/q;+1/p-1. The Kier molecular flexibility index (Phi) is 10.6. The van der Waals surface area contributed by atoms with Gasteiger partial charge in [-0.2, -0.15) is 13.5 Å². The number of ether oxygens (including phenoxy) is 1. The zero-order chi connectivity index (χ0) is 28.3. The van der Waals surface area contributed by atoms with Crippen LogP contribution in [-0.4, -0.2) is 25.5 Å². The molecule has 0 atom stereocenters. The minimum absolute atomic E-state index is 0. The van der Waals surface area contributed by atoms with Crippen LogP contribution >= 0.6 is 23.2 Å². The van der Waals surface area contributed by atoms with E-state index in [1.807, 2.05) is 6.92 Å². The smallest absolute Gasteiger partial charge is 0.870 e. The number of amides is 1. The molecule has 0 unspecified atom stereocenters. The molecule has 202 valence electrons. The molecule has 0 heterocycles. The maximum atomic E-state index is 13.5. The summed E-state index contributed by atoms with van der Waals surface area (Å²) in [6, 6.07) is 15.6. The molecule has 0 spiro atoms. The molecular formula is C27H22Cl2N3NaO6S. The van der Waals surface area contributed by atoms with Crippen molar-refractivity contribution in [1.29, 1.82) is 0 Å². The first-order valence-electron chi connectivity index (χ1n) is 11.7. The van der Waals surface area contributed by atoms with Crippen molar-refractivity contribution in [3.63, 3.8) is 0 Å². The Balaban J connectivity index is 0.00000441. The van der Waals surface area contributed by atoms with Crippen LogP contribution in [0.4, 0.5) is 17.1 Å². The van der Waals surface area contributed by atoms with Crippen LogP contribution in [0.5, 0.6) is 11.5 Å². The van der Waals surface area contributed by atoms with Crippen molar-refractivity contribution >= 4 is 67.1 Å². The van der Waals surface area contributed by atoms with Gasteiger partial charge in [-0.3, -0.25) is 9.35 Å². The first-order chi connectivity index (χ1) is 18.5. The minimum atomic E-state index is -4.76. The molecule has 4 rings (SSSR count). The van der Waals surface area contributed by atoms with Crippen LogP contribution in [0.3, 0.4) is 0 Å². The van der Waals surface area contributed by atoms with E-state index in [4.69, 9.17) is 27.9 Å². The number of carbonyl (C=O) groups excluding carboxylic acids is 1. The second-order valence-electron chi connectivity index (χ2n) is 8.34. The average molecular weight is 610 g/mol. The second-order valence-corrected chi connectivity index (χ2v) is 10.5. The van der Waals surface area contributed by atoms with Gasteiger partial charge in [0, 0.05) is 27.7 Å². The Bertz CT molecular complexity index is 1730. The van der Waals surface area contributed by atoms with E-state index >= 15 is 0 Å². The average Bonchev–Trinajstić information content (AvgIpc) is 2.86. The van der Waals surface area contributed by atoms with Gasteiger partial charge < -0.3 is 15.2 Å². The third kappa shape index (κ3) is 7.13. The van der Waals surface area contributed by atoms with E-state index < -0.39 is 26.7 Å². The van der Waals surface area contributed by atoms with E-state index in [1.54, 1.807) is 43.3 Å². The number of benzene rings is 4. The van der Waals surface area contributed by atoms with Gasteiger partial charge in [-0.15, -0.1) is 5.11 Å². The van der Waals surface area contributed by atoms with Gasteiger partial charge in [0.1, 0.15) is 16.3 Å². The van der Waals surface area contributed by atoms with E-state index in [1.165, 1.54) is 24.3 Å². The van der Waals surface area contributed by atoms with Crippen LogP contribution in [0.15, 0.2) is 75.8 Å². The molecule has 4 aromatic carbocycles. The number of hydrogen-bond acceptors (Lipinski definition) is 7. The Morgan fingerprint density at radius 3 is 2.45 bits per heavy atom. The number of nitrogens with zero attached hydrogens (tertiary/aromatic N) is 2. The topological polar surface area (TPSA) is 140 Å². The fraction of sp³-hybridized carbons (Fsp3) is 0.148. The molecule has 0 aliphatic rings. The third-order valence-corrected chi connectivity index (χ3v) is 7.24. The molecule has 0 radical (unpaired) electrons. The monoisotopic (exact) mass is 609 g/mol. The molecule has 0 bridgehead atoms. The predicted molar refractivity (Wildman–Crippen MR) is 149 cm³/mol. The summed E-state index contributed by atoms with van der Waals surface area (Å²) >= 11 is 12.3. The summed E-state index contributed by atoms with van der Waals surface area (Å²) in [5, 5.41) is 25.2. The maximum Gasteiger partial charge on any atom is 1.00 e. The summed E-state index contributed by atoms with van der Waals surface area (Å²) in [5.74, 6) is -1.02. The second kappa shape index (κ2) is 13.3. The number of azo groups is 1. The zero-order valence-electron chi connectivity index (χ0n) is 21.7. The summed E-state index contributed by atoms with van der Waals surface area (Å²) in [5.41, 5.74) is 0.280. The van der Waals surface area contributed by atoms with Crippen molar-refractivity contribution in [1.82, 2.24) is 0 Å². The Labute approximate surface area is 263 Å². The number of anilines is 1. The number of carbonyl (C=O) groups is 1. The summed E-state index contributed by atoms with van der Waals surface area (Å²) < 4.78 is 39.2. The van der Waals surface area contributed by atoms with Gasteiger partial charge in [0.15, 0.2) is 0 Å². The van der Waals surface area contributed by atoms with Gasteiger partial charge in [-0.25, -0.2) is 0 Å². The van der Waals surface area contributed by atoms with E-state index in [0.29, 0.717) is 45.8 Å². The van der Waals surface area contributed by atoms with Crippen LogP contribution in [0.1, 0.15) is 29.8 Å². The fourth-order valence-corrected chi connectivity index (χ4v) is 5.36. The van der Waals surface area contributed by atoms with Crippen LogP contribution in [0.25, 0.3) is 10.8 Å². The van der Waals surface area contributed by atoms with E-state index in [0.717, 1.165) is 0 Å². The summed E-state index contributed by atoms with van der Waals surface area (Å²) in [7, 11) is -4.76. The number of rotatable bonds is 8. The number of aryl methyl sites for hydroxylation is 1. The van der Waals surface area contributed by atoms with Crippen molar-refractivity contribution in [3.8, 4) is 11.5 Å². The number of halogens is 2. The Morgan fingerprint density at radius 2 is 1.77 bits per heavy atom. The summed E-state index contributed by atoms with van der Waals surface area (Å²) in [6.45, 7) is 4.02. The molecule has 0 fully saturated rings. The number of fused-ring (bicyclic) bond motifs is 1. The fourth-order valence-electron chi connectivity index (χ4n) is 3.93. The SMILES string of the molecule is CCOc1cc(Cl)cc(NC(=O)c2cc3ccccc3c(N=Nc3cc(CC)cc(Cl)c3S(=O)(=O)O)c2[O-])c1.[Na+]. The largest absolute Gasteiger partial charge is 1.00 e. The molecule has 4 aromatic rings. The molecule has 0 aliphatic carbocycles. The first-order valence-corrected chi connectivity index (χ1v) is 13.9. The predicted octanol–water partition coefficient (Wildman–Crippen LogP) is 4.10. The van der Waals surface area contributed by atoms with E-state index in [-0.39, 0.29) is 51.5 Å². The number of nitrogens with one attached hydrogen (secondary N) is 1. The molecule has 0 saturated carbocycles. The molecule has 1 amide bonds.